The van der Waals surface area contributed by atoms with Gasteiger partial charge < -0.3 is 24.8 Å². The zero-order chi connectivity index (χ0) is 24.8. The molecule has 0 atom stereocenters. The predicted molar refractivity (Wildman–Crippen MR) is 128 cm³/mol. The molecule has 0 unspecified atom stereocenters. The molecule has 0 aliphatic carbocycles. The van der Waals surface area contributed by atoms with Crippen molar-refractivity contribution in [2.75, 3.05) is 18.0 Å². The number of aromatic nitrogens is 1. The summed E-state index contributed by atoms with van der Waals surface area (Å²) in [5.41, 5.74) is 0.603. The van der Waals surface area contributed by atoms with Crippen molar-refractivity contribution < 1.29 is 28.6 Å². The van der Waals surface area contributed by atoms with Gasteiger partial charge in [-0.25, -0.2) is 14.2 Å². The van der Waals surface area contributed by atoms with Crippen molar-refractivity contribution in [1.29, 1.82) is 0 Å². The summed E-state index contributed by atoms with van der Waals surface area (Å²) < 4.78 is 24.7. The first-order valence-corrected chi connectivity index (χ1v) is 11.0. The molecule has 1 fully saturated rings. The van der Waals surface area contributed by atoms with Crippen molar-refractivity contribution >= 4 is 17.6 Å². The fourth-order valence-corrected chi connectivity index (χ4v) is 3.74. The lowest BCUT2D eigenvalue weighted by molar-refractivity contribution is -0.117. The van der Waals surface area contributed by atoms with Crippen LogP contribution in [0, 0.1) is 5.82 Å². The van der Waals surface area contributed by atoms with Crippen LogP contribution >= 0.6 is 0 Å². The maximum absolute atomic E-state index is 13.3. The molecule has 1 amide bonds. The Kier molecular flexibility index (Phi) is 7.25. The van der Waals surface area contributed by atoms with E-state index in [1.165, 1.54) is 24.3 Å². The van der Waals surface area contributed by atoms with Crippen LogP contribution in [0.2, 0.25) is 0 Å². The number of carboxylic acid groups (broad SMARTS) is 1. The smallest absolute Gasteiger partial charge is 0.341 e. The minimum Gasteiger partial charge on any atom is -0.477 e. The molecule has 8 nitrogen and oxygen atoms in total. The number of anilines is 1. The summed E-state index contributed by atoms with van der Waals surface area (Å²) >= 11 is 0. The van der Waals surface area contributed by atoms with Crippen molar-refractivity contribution in [2.24, 2.45) is 0 Å². The van der Waals surface area contributed by atoms with E-state index in [2.05, 4.69) is 16.9 Å². The molecule has 4 rings (SSSR count). The Labute approximate surface area is 201 Å². The summed E-state index contributed by atoms with van der Waals surface area (Å²) in [4.78, 5) is 29.7. The molecular formula is C26H24FN3O5. The van der Waals surface area contributed by atoms with Crippen molar-refractivity contribution in [2.45, 2.75) is 18.9 Å². The number of carboxylic acids is 1. The fourth-order valence-electron chi connectivity index (χ4n) is 3.74. The molecule has 0 saturated carbocycles. The number of amides is 1. The normalized spacial score (nSPS) is 13.7. The third kappa shape index (κ3) is 6.14. The van der Waals surface area contributed by atoms with E-state index in [1.807, 2.05) is 4.90 Å². The number of aromatic carboxylic acids is 1. The third-order valence-electron chi connectivity index (χ3n) is 5.53. The fraction of sp³-hybridized carbons (Fsp3) is 0.192. The van der Waals surface area contributed by atoms with E-state index in [-0.39, 0.29) is 23.4 Å². The van der Waals surface area contributed by atoms with E-state index >= 15 is 0 Å². The molecule has 180 valence electrons. The maximum Gasteiger partial charge on any atom is 0.341 e. The first kappa shape index (κ1) is 23.7. The van der Waals surface area contributed by atoms with Gasteiger partial charge in [-0.1, -0.05) is 12.6 Å². The van der Waals surface area contributed by atoms with Gasteiger partial charge in [0.1, 0.15) is 28.6 Å². The van der Waals surface area contributed by atoms with Crippen LogP contribution in [0.3, 0.4) is 0 Å². The number of hydrogen-bond donors (Lipinski definition) is 2. The van der Waals surface area contributed by atoms with Crippen molar-refractivity contribution in [3.05, 3.63) is 84.8 Å². The van der Waals surface area contributed by atoms with E-state index in [0.717, 1.165) is 12.8 Å². The molecular weight excluding hydrogens is 453 g/mol. The van der Waals surface area contributed by atoms with E-state index in [4.69, 9.17) is 9.47 Å². The van der Waals surface area contributed by atoms with Crippen LogP contribution < -0.4 is 19.7 Å². The number of halogens is 1. The predicted octanol–water partition coefficient (Wildman–Crippen LogP) is 4.77. The first-order chi connectivity index (χ1) is 16.9. The van der Waals surface area contributed by atoms with Gasteiger partial charge in [0, 0.05) is 25.2 Å². The van der Waals surface area contributed by atoms with Gasteiger partial charge in [-0.2, -0.15) is 0 Å². The average molecular weight is 477 g/mol. The Hall–Kier alpha value is -4.40. The second-order valence-electron chi connectivity index (χ2n) is 7.96. The van der Waals surface area contributed by atoms with Gasteiger partial charge in [0.25, 0.3) is 0 Å². The number of hydrogen-bond acceptors (Lipinski definition) is 6. The number of nitrogens with one attached hydrogen (secondary N) is 1. The van der Waals surface area contributed by atoms with Gasteiger partial charge in [0.15, 0.2) is 0 Å². The molecule has 0 bridgehead atoms. The number of rotatable bonds is 8. The number of benzene rings is 2. The monoisotopic (exact) mass is 477 g/mol. The lowest BCUT2D eigenvalue weighted by Crippen LogP contribution is -2.44. The molecule has 0 spiro atoms. The Morgan fingerprint density at radius 2 is 1.74 bits per heavy atom. The van der Waals surface area contributed by atoms with Crippen LogP contribution in [0.5, 0.6) is 23.1 Å². The van der Waals surface area contributed by atoms with E-state index in [9.17, 15) is 19.1 Å². The maximum atomic E-state index is 13.3. The molecule has 2 heterocycles. The van der Waals surface area contributed by atoms with Gasteiger partial charge >= 0.3 is 5.97 Å². The van der Waals surface area contributed by atoms with Crippen LogP contribution in [-0.2, 0) is 4.79 Å². The van der Waals surface area contributed by atoms with Crippen LogP contribution in [0.4, 0.5) is 10.1 Å². The first-order valence-electron chi connectivity index (χ1n) is 11.0. The molecule has 0 radical (unpaired) electrons. The number of nitrogens with zero attached hydrogens (tertiary/aromatic N) is 2. The number of pyridine rings is 1. The van der Waals surface area contributed by atoms with Crippen LogP contribution in [-0.4, -0.2) is 41.1 Å². The van der Waals surface area contributed by atoms with Gasteiger partial charge in [-0.05, 0) is 61.4 Å². The molecule has 35 heavy (non-hydrogen) atoms. The van der Waals surface area contributed by atoms with Gasteiger partial charge in [-0.3, -0.25) is 4.79 Å². The van der Waals surface area contributed by atoms with Gasteiger partial charge in [0.05, 0.1) is 11.9 Å². The zero-order valence-corrected chi connectivity index (χ0v) is 18.8. The topological polar surface area (TPSA) is 101 Å². The van der Waals surface area contributed by atoms with E-state index in [1.54, 1.807) is 42.6 Å². The summed E-state index contributed by atoms with van der Waals surface area (Å²) in [6.45, 7) is 4.76. The zero-order valence-electron chi connectivity index (χ0n) is 18.8. The van der Waals surface area contributed by atoms with Crippen LogP contribution in [0.15, 0.2) is 73.4 Å². The highest BCUT2D eigenvalue weighted by Gasteiger charge is 2.23. The largest absolute Gasteiger partial charge is 0.477 e. The average Bonchev–Trinajstić information content (AvgIpc) is 2.86. The molecule has 1 aliphatic rings. The second-order valence-corrected chi connectivity index (χ2v) is 7.96. The van der Waals surface area contributed by atoms with Crippen LogP contribution in [0.1, 0.15) is 23.2 Å². The summed E-state index contributed by atoms with van der Waals surface area (Å²) in [5.74, 6) is -0.594. The summed E-state index contributed by atoms with van der Waals surface area (Å²) in [5, 5.41) is 12.6. The standard InChI is InChI=1S/C26H24FN3O5/c1-2-24(31)29-18-10-12-30(13-11-18)19-15-23(26(32)33)25(28-16-19)35-21-8-6-20(7-9-21)34-22-5-3-4-17(27)14-22/h2-9,14-16,18H,1,10-13H2,(H,29,31)(H,32,33). The molecule has 1 aromatic heterocycles. The molecule has 2 aromatic carbocycles. The number of piperidine rings is 1. The Morgan fingerprint density at radius 3 is 2.37 bits per heavy atom. The van der Waals surface area contributed by atoms with Crippen molar-refractivity contribution in [3.63, 3.8) is 0 Å². The highest BCUT2D eigenvalue weighted by Crippen LogP contribution is 2.30. The van der Waals surface area contributed by atoms with E-state index in [0.29, 0.717) is 36.0 Å². The molecule has 9 heteroatoms. The van der Waals surface area contributed by atoms with Crippen molar-refractivity contribution in [3.8, 4) is 23.1 Å². The summed E-state index contributed by atoms with van der Waals surface area (Å²) in [7, 11) is 0. The minimum atomic E-state index is -1.16. The van der Waals surface area contributed by atoms with Gasteiger partial charge in [0.2, 0.25) is 11.8 Å². The molecule has 3 aromatic rings. The molecule has 1 saturated heterocycles. The number of ether oxygens (including phenoxy) is 2. The molecule has 1 aliphatic heterocycles. The minimum absolute atomic E-state index is 0.0341. The summed E-state index contributed by atoms with van der Waals surface area (Å²) in [6.07, 6.45) is 4.28. The Morgan fingerprint density at radius 1 is 1.06 bits per heavy atom. The van der Waals surface area contributed by atoms with Crippen LogP contribution in [0.25, 0.3) is 0 Å². The molecule has 2 N–H and O–H groups in total. The van der Waals surface area contributed by atoms with Gasteiger partial charge in [-0.15, -0.1) is 0 Å². The second kappa shape index (κ2) is 10.7. The Balaban J connectivity index is 1.42. The lowest BCUT2D eigenvalue weighted by atomic mass is 10.0. The number of carbonyl (C=O) groups is 2. The lowest BCUT2D eigenvalue weighted by Gasteiger charge is -2.33. The summed E-state index contributed by atoms with van der Waals surface area (Å²) in [6, 6.07) is 13.9. The number of carbonyl (C=O) groups excluding carboxylic acids is 1. The van der Waals surface area contributed by atoms with E-state index < -0.39 is 11.8 Å². The van der Waals surface area contributed by atoms with Crippen molar-refractivity contribution in [1.82, 2.24) is 10.3 Å². The quantitative estimate of drug-likeness (QED) is 0.451. The SMILES string of the molecule is C=CC(=O)NC1CCN(c2cnc(Oc3ccc(Oc4cccc(F)c4)cc3)c(C(=O)O)c2)CC1. The Bertz CT molecular complexity index is 1220. The third-order valence-corrected chi connectivity index (χ3v) is 5.53. The highest BCUT2D eigenvalue weighted by atomic mass is 19.1. The highest BCUT2D eigenvalue weighted by molar-refractivity contribution is 5.91.